The first-order valence-electron chi connectivity index (χ1n) is 9.44. The van der Waals surface area contributed by atoms with Gasteiger partial charge in [0, 0.05) is 42.3 Å². The third-order valence-corrected chi connectivity index (χ3v) is 5.51. The Balaban J connectivity index is 1.43. The number of nitrogens with zero attached hydrogens (tertiary/aromatic N) is 3. The van der Waals surface area contributed by atoms with Crippen molar-refractivity contribution in [2.24, 2.45) is 0 Å². The smallest absolute Gasteiger partial charge is 0.253 e. The molecule has 0 bridgehead atoms. The van der Waals surface area contributed by atoms with E-state index in [-0.39, 0.29) is 5.91 Å². The molecule has 1 aliphatic rings. The molecule has 5 nitrogen and oxygen atoms in total. The largest absolute Gasteiger partial charge is 0.339 e. The Kier molecular flexibility index (Phi) is 4.75. The SMILES string of the molecule is Cc1n[nH]c(C)c1-c1ccc(C(=O)N2CCC(c3ccncc3)CC2)cc1. The summed E-state index contributed by atoms with van der Waals surface area (Å²) in [5.41, 5.74) is 6.31. The van der Waals surface area contributed by atoms with Crippen LogP contribution >= 0.6 is 0 Å². The van der Waals surface area contributed by atoms with Gasteiger partial charge in [-0.25, -0.2) is 0 Å². The van der Waals surface area contributed by atoms with E-state index < -0.39 is 0 Å². The molecule has 0 radical (unpaired) electrons. The first-order chi connectivity index (χ1) is 13.1. The van der Waals surface area contributed by atoms with E-state index in [1.165, 1.54) is 5.56 Å². The van der Waals surface area contributed by atoms with Gasteiger partial charge < -0.3 is 4.90 Å². The maximum atomic E-state index is 12.9. The molecule has 0 unspecified atom stereocenters. The van der Waals surface area contributed by atoms with Crippen LogP contribution in [0.5, 0.6) is 0 Å². The number of rotatable bonds is 3. The van der Waals surface area contributed by atoms with E-state index in [4.69, 9.17) is 0 Å². The van der Waals surface area contributed by atoms with Gasteiger partial charge in [0.15, 0.2) is 0 Å². The maximum absolute atomic E-state index is 12.9. The summed E-state index contributed by atoms with van der Waals surface area (Å²) in [5.74, 6) is 0.641. The van der Waals surface area contributed by atoms with Gasteiger partial charge in [-0.3, -0.25) is 14.9 Å². The highest BCUT2D eigenvalue weighted by Crippen LogP contribution is 2.29. The van der Waals surface area contributed by atoms with E-state index in [1.807, 2.05) is 55.4 Å². The number of aryl methyl sites for hydroxylation is 2. The fourth-order valence-electron chi connectivity index (χ4n) is 3.99. The van der Waals surface area contributed by atoms with Gasteiger partial charge in [0.1, 0.15) is 0 Å². The van der Waals surface area contributed by atoms with E-state index in [9.17, 15) is 4.79 Å². The molecule has 1 N–H and O–H groups in total. The lowest BCUT2D eigenvalue weighted by Crippen LogP contribution is -2.37. The normalized spacial score (nSPS) is 15.1. The van der Waals surface area contributed by atoms with Crippen molar-refractivity contribution < 1.29 is 4.79 Å². The minimum absolute atomic E-state index is 0.121. The van der Waals surface area contributed by atoms with Crippen LogP contribution in [-0.2, 0) is 0 Å². The van der Waals surface area contributed by atoms with E-state index >= 15 is 0 Å². The summed E-state index contributed by atoms with van der Waals surface area (Å²) in [4.78, 5) is 18.9. The van der Waals surface area contributed by atoms with Gasteiger partial charge in [0.2, 0.25) is 0 Å². The highest BCUT2D eigenvalue weighted by molar-refractivity contribution is 5.94. The van der Waals surface area contributed by atoms with Gasteiger partial charge in [0.25, 0.3) is 5.91 Å². The summed E-state index contributed by atoms with van der Waals surface area (Å²) >= 11 is 0. The highest BCUT2D eigenvalue weighted by Gasteiger charge is 2.24. The summed E-state index contributed by atoms with van der Waals surface area (Å²) in [6, 6.07) is 12.1. The number of likely N-dealkylation sites (tertiary alicyclic amines) is 1. The lowest BCUT2D eigenvalue weighted by molar-refractivity contribution is 0.0713. The Morgan fingerprint density at radius 1 is 1.04 bits per heavy atom. The Hall–Kier alpha value is -2.95. The van der Waals surface area contributed by atoms with Crippen molar-refractivity contribution in [1.82, 2.24) is 20.1 Å². The standard InChI is InChI=1S/C22H24N4O/c1-15-21(16(2)25-24-15)19-3-5-20(6-4-19)22(27)26-13-9-18(10-14-26)17-7-11-23-12-8-17/h3-8,11-12,18H,9-10,13-14H2,1-2H3,(H,24,25). The van der Waals surface area contributed by atoms with Gasteiger partial charge in [-0.1, -0.05) is 12.1 Å². The van der Waals surface area contributed by atoms with E-state index in [0.29, 0.717) is 5.92 Å². The van der Waals surface area contributed by atoms with Crippen molar-refractivity contribution in [2.45, 2.75) is 32.6 Å². The minimum Gasteiger partial charge on any atom is -0.339 e. The van der Waals surface area contributed by atoms with Gasteiger partial charge in [0.05, 0.1) is 5.69 Å². The first-order valence-corrected chi connectivity index (χ1v) is 9.44. The van der Waals surface area contributed by atoms with Crippen LogP contribution in [0.25, 0.3) is 11.1 Å². The van der Waals surface area contributed by atoms with E-state index in [1.54, 1.807) is 0 Å². The number of carbonyl (C=O) groups is 1. The molecule has 1 amide bonds. The molecule has 4 rings (SSSR count). The van der Waals surface area contributed by atoms with Crippen molar-refractivity contribution in [3.8, 4) is 11.1 Å². The number of carbonyl (C=O) groups excluding carboxylic acids is 1. The molecule has 0 aliphatic carbocycles. The number of hydrogen-bond donors (Lipinski definition) is 1. The Morgan fingerprint density at radius 3 is 2.30 bits per heavy atom. The van der Waals surface area contributed by atoms with Crippen LogP contribution in [0.3, 0.4) is 0 Å². The second kappa shape index (κ2) is 7.35. The number of pyridine rings is 1. The predicted octanol–water partition coefficient (Wildman–Crippen LogP) is 4.11. The van der Waals surface area contributed by atoms with Crippen LogP contribution in [0.15, 0.2) is 48.8 Å². The number of amides is 1. The molecule has 0 spiro atoms. The number of piperidine rings is 1. The summed E-state index contributed by atoms with van der Waals surface area (Å²) < 4.78 is 0. The Labute approximate surface area is 159 Å². The predicted molar refractivity (Wildman–Crippen MR) is 106 cm³/mol. The molecule has 138 valence electrons. The number of benzene rings is 1. The number of nitrogens with one attached hydrogen (secondary N) is 1. The van der Waals surface area contributed by atoms with Crippen LogP contribution in [0.2, 0.25) is 0 Å². The van der Waals surface area contributed by atoms with Gasteiger partial charge in [-0.15, -0.1) is 0 Å². The molecule has 1 aromatic carbocycles. The summed E-state index contributed by atoms with van der Waals surface area (Å²) in [7, 11) is 0. The Bertz CT molecular complexity index is 903. The summed E-state index contributed by atoms with van der Waals surface area (Å²) in [5, 5.41) is 7.26. The summed E-state index contributed by atoms with van der Waals surface area (Å²) in [6.07, 6.45) is 5.69. The molecule has 3 aromatic rings. The van der Waals surface area contributed by atoms with Gasteiger partial charge in [-0.05, 0) is 68.0 Å². The quantitative estimate of drug-likeness (QED) is 0.765. The van der Waals surface area contributed by atoms with Crippen molar-refractivity contribution in [1.29, 1.82) is 0 Å². The zero-order valence-corrected chi connectivity index (χ0v) is 15.8. The molecule has 1 saturated heterocycles. The second-order valence-electron chi connectivity index (χ2n) is 7.23. The van der Waals surface area contributed by atoms with Crippen LogP contribution in [-0.4, -0.2) is 39.1 Å². The van der Waals surface area contributed by atoms with Crippen LogP contribution in [0.4, 0.5) is 0 Å². The number of aromatic amines is 1. The van der Waals surface area contributed by atoms with E-state index in [0.717, 1.165) is 54.0 Å². The van der Waals surface area contributed by atoms with Crippen LogP contribution in [0.1, 0.15) is 46.1 Å². The topological polar surface area (TPSA) is 61.9 Å². The average molecular weight is 360 g/mol. The van der Waals surface area contributed by atoms with Crippen molar-refractivity contribution in [3.05, 3.63) is 71.3 Å². The molecule has 1 aliphatic heterocycles. The van der Waals surface area contributed by atoms with Gasteiger partial charge in [-0.2, -0.15) is 5.10 Å². The first kappa shape index (κ1) is 17.5. The maximum Gasteiger partial charge on any atom is 0.253 e. The van der Waals surface area contributed by atoms with Crippen LogP contribution in [0, 0.1) is 13.8 Å². The van der Waals surface area contributed by atoms with Crippen molar-refractivity contribution in [2.75, 3.05) is 13.1 Å². The van der Waals surface area contributed by atoms with Crippen LogP contribution < -0.4 is 0 Å². The number of aromatic nitrogens is 3. The van der Waals surface area contributed by atoms with E-state index in [2.05, 4.69) is 27.3 Å². The van der Waals surface area contributed by atoms with Crippen molar-refractivity contribution >= 4 is 5.91 Å². The fourth-order valence-corrected chi connectivity index (χ4v) is 3.99. The lowest BCUT2D eigenvalue weighted by Gasteiger charge is -2.32. The zero-order chi connectivity index (χ0) is 18.8. The fraction of sp³-hybridized carbons (Fsp3) is 0.318. The second-order valence-corrected chi connectivity index (χ2v) is 7.23. The Morgan fingerprint density at radius 2 is 1.70 bits per heavy atom. The third-order valence-electron chi connectivity index (χ3n) is 5.51. The molecule has 3 heterocycles. The molecule has 5 heteroatoms. The molecule has 2 aromatic heterocycles. The third kappa shape index (κ3) is 3.50. The number of H-pyrrole nitrogens is 1. The van der Waals surface area contributed by atoms with Gasteiger partial charge >= 0.3 is 0 Å². The number of hydrogen-bond acceptors (Lipinski definition) is 3. The molecule has 0 saturated carbocycles. The molecule has 1 fully saturated rings. The molecule has 27 heavy (non-hydrogen) atoms. The van der Waals surface area contributed by atoms with Crippen molar-refractivity contribution in [3.63, 3.8) is 0 Å². The minimum atomic E-state index is 0.121. The molecular weight excluding hydrogens is 336 g/mol. The lowest BCUT2D eigenvalue weighted by atomic mass is 9.90. The molecule has 0 atom stereocenters. The zero-order valence-electron chi connectivity index (χ0n) is 15.8. The molecular formula is C22H24N4O. The monoisotopic (exact) mass is 360 g/mol. The highest BCUT2D eigenvalue weighted by atomic mass is 16.2. The summed E-state index contributed by atoms with van der Waals surface area (Å²) in [6.45, 7) is 5.60. The average Bonchev–Trinajstić information content (AvgIpc) is 3.06.